The van der Waals surface area contributed by atoms with Gasteiger partial charge in [-0.3, -0.25) is 4.90 Å². The zero-order chi connectivity index (χ0) is 13.5. The number of hydrogen-bond donors (Lipinski definition) is 0. The minimum atomic E-state index is 0.528. The molecule has 2 aromatic heterocycles. The minimum absolute atomic E-state index is 0.528. The van der Waals surface area contributed by atoms with E-state index in [4.69, 9.17) is 0 Å². The van der Waals surface area contributed by atoms with E-state index in [1.807, 2.05) is 4.68 Å². The van der Waals surface area contributed by atoms with Gasteiger partial charge in [-0.05, 0) is 23.3 Å². The van der Waals surface area contributed by atoms with Gasteiger partial charge in [-0.25, -0.2) is 4.68 Å². The maximum Gasteiger partial charge on any atom is 0.165 e. The van der Waals surface area contributed by atoms with Crippen LogP contribution in [0.5, 0.6) is 0 Å². The van der Waals surface area contributed by atoms with E-state index in [0.29, 0.717) is 6.04 Å². The zero-order valence-electron chi connectivity index (χ0n) is 11.6. The quantitative estimate of drug-likeness (QED) is 0.791. The second-order valence-corrected chi connectivity index (χ2v) is 5.52. The summed E-state index contributed by atoms with van der Waals surface area (Å²) in [7, 11) is 0. The van der Waals surface area contributed by atoms with Crippen molar-refractivity contribution in [1.82, 2.24) is 39.9 Å². The number of aryl methyl sites for hydroxylation is 1. The molecule has 20 heavy (non-hydrogen) atoms. The first-order chi connectivity index (χ1) is 9.85. The van der Waals surface area contributed by atoms with Crippen molar-refractivity contribution in [3.63, 3.8) is 0 Å². The van der Waals surface area contributed by atoms with Crippen molar-refractivity contribution in [2.24, 2.45) is 0 Å². The SMILES string of the molecule is CCc1nnc2n1CCN(Cc1nnnn1C1CC1)C2. The Hall–Kier alpha value is -1.83. The molecule has 0 bridgehead atoms. The minimum Gasteiger partial charge on any atom is -0.313 e. The average Bonchev–Trinajstić information content (AvgIpc) is 3.07. The Labute approximate surface area is 116 Å². The number of rotatable bonds is 4. The lowest BCUT2D eigenvalue weighted by molar-refractivity contribution is 0.199. The van der Waals surface area contributed by atoms with Crippen LogP contribution in [0.1, 0.15) is 43.3 Å². The molecule has 1 saturated carbocycles. The molecular formula is C12H18N8. The summed E-state index contributed by atoms with van der Waals surface area (Å²) in [6.45, 7) is 5.68. The maximum atomic E-state index is 4.29. The number of nitrogens with zero attached hydrogens (tertiary/aromatic N) is 8. The van der Waals surface area contributed by atoms with Crippen LogP contribution in [0, 0.1) is 0 Å². The van der Waals surface area contributed by atoms with Crippen molar-refractivity contribution in [1.29, 1.82) is 0 Å². The molecule has 0 amide bonds. The van der Waals surface area contributed by atoms with Gasteiger partial charge in [0.1, 0.15) is 11.6 Å². The van der Waals surface area contributed by atoms with Crippen molar-refractivity contribution in [3.05, 3.63) is 17.5 Å². The number of aromatic nitrogens is 7. The van der Waals surface area contributed by atoms with Crippen LogP contribution in [-0.2, 0) is 26.1 Å². The van der Waals surface area contributed by atoms with Gasteiger partial charge in [0, 0.05) is 19.5 Å². The highest BCUT2D eigenvalue weighted by molar-refractivity contribution is 5.00. The highest BCUT2D eigenvalue weighted by Crippen LogP contribution is 2.34. The number of tetrazole rings is 1. The van der Waals surface area contributed by atoms with E-state index >= 15 is 0 Å². The van der Waals surface area contributed by atoms with Gasteiger partial charge in [0.15, 0.2) is 5.82 Å². The fourth-order valence-electron chi connectivity index (χ4n) is 2.78. The van der Waals surface area contributed by atoms with Crippen LogP contribution < -0.4 is 0 Å². The molecule has 4 rings (SSSR count). The molecule has 1 aliphatic heterocycles. The van der Waals surface area contributed by atoms with Crippen LogP contribution in [0.15, 0.2) is 0 Å². The van der Waals surface area contributed by atoms with Crippen molar-refractivity contribution >= 4 is 0 Å². The lowest BCUT2D eigenvalue weighted by atomic mass is 10.3. The lowest BCUT2D eigenvalue weighted by Gasteiger charge is -2.27. The third-order valence-corrected chi connectivity index (χ3v) is 4.04. The van der Waals surface area contributed by atoms with E-state index in [0.717, 1.165) is 50.1 Å². The largest absolute Gasteiger partial charge is 0.313 e. The summed E-state index contributed by atoms with van der Waals surface area (Å²) in [6.07, 6.45) is 3.34. The molecule has 0 N–H and O–H groups in total. The summed E-state index contributed by atoms with van der Waals surface area (Å²) < 4.78 is 4.22. The van der Waals surface area contributed by atoms with Crippen LogP contribution in [0.3, 0.4) is 0 Å². The molecule has 3 heterocycles. The Bertz CT molecular complexity index is 611. The van der Waals surface area contributed by atoms with Crippen LogP contribution in [0.4, 0.5) is 0 Å². The molecule has 2 aromatic rings. The summed E-state index contributed by atoms with van der Waals surface area (Å²) in [5.74, 6) is 3.11. The molecule has 0 atom stereocenters. The molecule has 0 spiro atoms. The Balaban J connectivity index is 1.49. The van der Waals surface area contributed by atoms with Gasteiger partial charge in [-0.15, -0.1) is 15.3 Å². The van der Waals surface area contributed by atoms with E-state index in [-0.39, 0.29) is 0 Å². The van der Waals surface area contributed by atoms with E-state index in [2.05, 4.69) is 42.1 Å². The molecule has 0 unspecified atom stereocenters. The third kappa shape index (κ3) is 2.00. The fraction of sp³-hybridized carbons (Fsp3) is 0.750. The standard InChI is InChI=1S/C12H18N8/c1-2-10-13-14-11-7-18(5-6-19(10)11)8-12-15-16-17-20(12)9-3-4-9/h9H,2-8H2,1H3. The van der Waals surface area contributed by atoms with E-state index in [1.54, 1.807) is 0 Å². The fourth-order valence-corrected chi connectivity index (χ4v) is 2.78. The number of hydrogen-bond acceptors (Lipinski definition) is 6. The first-order valence-electron chi connectivity index (χ1n) is 7.25. The molecule has 1 aliphatic carbocycles. The third-order valence-electron chi connectivity index (χ3n) is 4.04. The Morgan fingerprint density at radius 2 is 2.00 bits per heavy atom. The molecule has 0 radical (unpaired) electrons. The van der Waals surface area contributed by atoms with E-state index in [9.17, 15) is 0 Å². The summed E-state index contributed by atoms with van der Waals surface area (Å²) in [5.41, 5.74) is 0. The molecule has 0 saturated heterocycles. The molecule has 8 heteroatoms. The van der Waals surface area contributed by atoms with E-state index in [1.165, 1.54) is 12.8 Å². The van der Waals surface area contributed by atoms with Crippen molar-refractivity contribution in [2.75, 3.05) is 6.54 Å². The Kier molecular flexibility index (Phi) is 2.76. The van der Waals surface area contributed by atoms with Crippen molar-refractivity contribution in [2.45, 2.75) is 51.9 Å². The van der Waals surface area contributed by atoms with Gasteiger partial charge in [0.2, 0.25) is 0 Å². The molecule has 2 aliphatic rings. The normalized spacial score (nSPS) is 19.2. The van der Waals surface area contributed by atoms with Gasteiger partial charge < -0.3 is 4.57 Å². The summed E-state index contributed by atoms with van der Waals surface area (Å²) >= 11 is 0. The second-order valence-electron chi connectivity index (χ2n) is 5.52. The molecule has 106 valence electrons. The van der Waals surface area contributed by atoms with Crippen LogP contribution in [-0.4, -0.2) is 46.4 Å². The number of fused-ring (bicyclic) bond motifs is 1. The first kappa shape index (κ1) is 12.0. The topological polar surface area (TPSA) is 77.6 Å². The molecular weight excluding hydrogens is 256 g/mol. The zero-order valence-corrected chi connectivity index (χ0v) is 11.6. The van der Waals surface area contributed by atoms with E-state index < -0.39 is 0 Å². The summed E-state index contributed by atoms with van der Waals surface area (Å²) in [5, 5.41) is 20.6. The molecule has 8 nitrogen and oxygen atoms in total. The predicted molar refractivity (Wildman–Crippen MR) is 69.6 cm³/mol. The second kappa shape index (κ2) is 4.62. The maximum absolute atomic E-state index is 4.29. The lowest BCUT2D eigenvalue weighted by Crippen LogP contribution is -2.34. The van der Waals surface area contributed by atoms with Gasteiger partial charge in [-0.1, -0.05) is 6.92 Å². The summed E-state index contributed by atoms with van der Waals surface area (Å²) in [6, 6.07) is 0.528. The predicted octanol–water partition coefficient (Wildman–Crippen LogP) is 0.178. The Morgan fingerprint density at radius 1 is 1.10 bits per heavy atom. The van der Waals surface area contributed by atoms with Gasteiger partial charge in [-0.2, -0.15) is 0 Å². The highest BCUT2D eigenvalue weighted by Gasteiger charge is 2.29. The van der Waals surface area contributed by atoms with Crippen LogP contribution in [0.25, 0.3) is 0 Å². The van der Waals surface area contributed by atoms with Crippen LogP contribution in [0.2, 0.25) is 0 Å². The van der Waals surface area contributed by atoms with Gasteiger partial charge in [0.25, 0.3) is 0 Å². The van der Waals surface area contributed by atoms with Crippen molar-refractivity contribution < 1.29 is 0 Å². The van der Waals surface area contributed by atoms with Gasteiger partial charge >= 0.3 is 0 Å². The molecule has 1 fully saturated rings. The molecule has 0 aromatic carbocycles. The monoisotopic (exact) mass is 274 g/mol. The van der Waals surface area contributed by atoms with Gasteiger partial charge in [0.05, 0.1) is 19.1 Å². The smallest absolute Gasteiger partial charge is 0.165 e. The highest BCUT2D eigenvalue weighted by atomic mass is 15.6. The first-order valence-corrected chi connectivity index (χ1v) is 7.25. The Morgan fingerprint density at radius 3 is 2.80 bits per heavy atom. The summed E-state index contributed by atoms with van der Waals surface area (Å²) in [4.78, 5) is 2.34. The average molecular weight is 274 g/mol. The van der Waals surface area contributed by atoms with Crippen LogP contribution >= 0.6 is 0 Å². The van der Waals surface area contributed by atoms with Crippen molar-refractivity contribution in [3.8, 4) is 0 Å².